The molecule has 0 fully saturated rings. The maximum atomic E-state index is 11.2. The highest BCUT2D eigenvalue weighted by molar-refractivity contribution is 5.89. The number of benzene rings is 4. The highest BCUT2D eigenvalue weighted by Crippen LogP contribution is 2.50. The highest BCUT2D eigenvalue weighted by Gasteiger charge is 2.41. The van der Waals surface area contributed by atoms with Gasteiger partial charge in [0.15, 0.2) is 6.23 Å². The van der Waals surface area contributed by atoms with Gasteiger partial charge in [0.05, 0.1) is 11.0 Å². The molecule has 0 aliphatic carbocycles. The summed E-state index contributed by atoms with van der Waals surface area (Å²) in [7, 11) is 0. The second-order valence-electron chi connectivity index (χ2n) is 8.11. The Kier molecular flexibility index (Phi) is 4.04. The Morgan fingerprint density at radius 2 is 1.68 bits per heavy atom. The van der Waals surface area contributed by atoms with Crippen molar-refractivity contribution in [3.63, 3.8) is 0 Å². The monoisotopic (exact) mass is 408 g/mol. The first-order valence-corrected chi connectivity index (χ1v) is 10.5. The minimum atomic E-state index is -0.350. The lowest BCUT2D eigenvalue weighted by atomic mass is 9.87. The number of nitro groups is 1. The number of ether oxygens (including phenoxy) is 1. The van der Waals surface area contributed by atoms with E-state index in [9.17, 15) is 10.1 Å². The number of nitro benzene ring substituents is 1. The molecule has 2 heterocycles. The summed E-state index contributed by atoms with van der Waals surface area (Å²) in [6.07, 6.45) is 0.762. The fraction of sp³-hybridized carbons (Fsp3) is 0.154. The largest absolute Gasteiger partial charge is 0.470 e. The second kappa shape index (κ2) is 6.93. The lowest BCUT2D eigenvalue weighted by molar-refractivity contribution is -0.384. The molecule has 6 rings (SSSR count). The number of hydrogen-bond donors (Lipinski definition) is 0. The molecule has 0 saturated carbocycles. The maximum Gasteiger partial charge on any atom is 0.269 e. The molecule has 0 N–H and O–H groups in total. The smallest absolute Gasteiger partial charge is 0.269 e. The summed E-state index contributed by atoms with van der Waals surface area (Å²) >= 11 is 0. The topological polar surface area (TPSA) is 55.6 Å². The first-order valence-electron chi connectivity index (χ1n) is 10.5. The zero-order valence-electron chi connectivity index (χ0n) is 16.8. The summed E-state index contributed by atoms with van der Waals surface area (Å²) in [5.74, 6) is 0.875. The predicted octanol–water partition coefficient (Wildman–Crippen LogP) is 5.79. The van der Waals surface area contributed by atoms with Gasteiger partial charge in [-0.25, -0.2) is 0 Å². The molecule has 2 aliphatic heterocycles. The fourth-order valence-electron chi connectivity index (χ4n) is 5.03. The van der Waals surface area contributed by atoms with E-state index in [4.69, 9.17) is 4.74 Å². The number of nitrogens with zero attached hydrogens (tertiary/aromatic N) is 2. The number of hydrogen-bond acceptors (Lipinski definition) is 4. The van der Waals surface area contributed by atoms with Gasteiger partial charge < -0.3 is 4.74 Å². The Balaban J connectivity index is 1.58. The molecule has 0 spiro atoms. The van der Waals surface area contributed by atoms with E-state index < -0.39 is 0 Å². The summed E-state index contributed by atoms with van der Waals surface area (Å²) in [4.78, 5) is 13.2. The molecule has 5 nitrogen and oxygen atoms in total. The molecule has 2 atom stereocenters. The van der Waals surface area contributed by atoms with Gasteiger partial charge >= 0.3 is 0 Å². The lowest BCUT2D eigenvalue weighted by Crippen LogP contribution is -2.44. The van der Waals surface area contributed by atoms with E-state index in [1.165, 1.54) is 11.1 Å². The maximum absolute atomic E-state index is 11.2. The van der Waals surface area contributed by atoms with Crippen LogP contribution in [0.2, 0.25) is 0 Å². The van der Waals surface area contributed by atoms with E-state index in [1.54, 1.807) is 12.1 Å². The molecular weight excluding hydrogens is 388 g/mol. The molecule has 2 aliphatic rings. The van der Waals surface area contributed by atoms with Crippen LogP contribution in [0.25, 0.3) is 10.8 Å². The zero-order valence-corrected chi connectivity index (χ0v) is 16.8. The first-order chi connectivity index (χ1) is 15.2. The van der Waals surface area contributed by atoms with Crippen LogP contribution < -0.4 is 4.74 Å². The normalized spacial score (nSPS) is 19.7. The average Bonchev–Trinajstić information content (AvgIpc) is 2.82. The average molecular weight is 408 g/mol. The molecule has 0 saturated heterocycles. The third-order valence-electron chi connectivity index (χ3n) is 6.46. The molecular formula is C26H20N2O3. The van der Waals surface area contributed by atoms with Gasteiger partial charge in [-0.2, -0.15) is 0 Å². The van der Waals surface area contributed by atoms with Crippen LogP contribution in [0.5, 0.6) is 5.75 Å². The van der Waals surface area contributed by atoms with Crippen molar-refractivity contribution in [2.45, 2.75) is 18.7 Å². The molecule has 0 amide bonds. The van der Waals surface area contributed by atoms with Gasteiger partial charge in [0.1, 0.15) is 5.75 Å². The van der Waals surface area contributed by atoms with Crippen LogP contribution in [-0.4, -0.2) is 16.4 Å². The van der Waals surface area contributed by atoms with Crippen molar-refractivity contribution >= 4 is 16.5 Å². The molecule has 0 aromatic heterocycles. The van der Waals surface area contributed by atoms with Gasteiger partial charge in [-0.15, -0.1) is 0 Å². The van der Waals surface area contributed by atoms with E-state index >= 15 is 0 Å². The fourth-order valence-corrected chi connectivity index (χ4v) is 5.03. The van der Waals surface area contributed by atoms with Crippen molar-refractivity contribution in [3.05, 3.63) is 117 Å². The second-order valence-corrected chi connectivity index (χ2v) is 8.11. The van der Waals surface area contributed by atoms with Crippen LogP contribution in [0.15, 0.2) is 84.9 Å². The van der Waals surface area contributed by atoms with Crippen molar-refractivity contribution in [2.24, 2.45) is 0 Å². The molecule has 31 heavy (non-hydrogen) atoms. The van der Waals surface area contributed by atoms with E-state index in [-0.39, 0.29) is 22.9 Å². The van der Waals surface area contributed by atoms with Crippen LogP contribution in [0.4, 0.5) is 5.69 Å². The van der Waals surface area contributed by atoms with Crippen molar-refractivity contribution < 1.29 is 9.66 Å². The predicted molar refractivity (Wildman–Crippen MR) is 119 cm³/mol. The highest BCUT2D eigenvalue weighted by atomic mass is 16.6. The van der Waals surface area contributed by atoms with Gasteiger partial charge in [-0.05, 0) is 34.4 Å². The Bertz CT molecular complexity index is 1320. The van der Waals surface area contributed by atoms with Gasteiger partial charge in [0.25, 0.3) is 5.69 Å². The lowest BCUT2D eigenvalue weighted by Gasteiger charge is -2.46. The van der Waals surface area contributed by atoms with E-state index in [0.29, 0.717) is 0 Å². The Hall–Kier alpha value is -3.70. The van der Waals surface area contributed by atoms with Crippen LogP contribution in [0.1, 0.15) is 34.5 Å². The summed E-state index contributed by atoms with van der Waals surface area (Å²) in [5.41, 5.74) is 4.78. The van der Waals surface area contributed by atoms with Gasteiger partial charge in [-0.1, -0.05) is 66.7 Å². The molecule has 4 aromatic carbocycles. The summed E-state index contributed by atoms with van der Waals surface area (Å²) in [5, 5.41) is 13.5. The Morgan fingerprint density at radius 1 is 0.903 bits per heavy atom. The SMILES string of the molecule is O=[N+]([O-])c1ccc([C@@H]2c3c(ccc4ccccc34)O[C@H]3c4ccccc4CCN23)cc1. The third kappa shape index (κ3) is 2.81. The standard InChI is InChI=1S/C26H20N2O3/c29-28(30)20-12-9-19(10-13-20)25-24-21-7-3-1-5-17(21)11-14-23(24)31-26-22-8-4-2-6-18(22)15-16-27(25)26/h1-14,25-26H,15-16H2/t25-,26+/m1/s1. The van der Waals surface area contributed by atoms with Crippen molar-refractivity contribution in [3.8, 4) is 5.75 Å². The number of rotatable bonds is 2. The van der Waals surface area contributed by atoms with Gasteiger partial charge in [-0.3, -0.25) is 15.0 Å². The minimum absolute atomic E-state index is 0.0472. The van der Waals surface area contributed by atoms with Crippen LogP contribution in [0, 0.1) is 10.1 Å². The molecule has 4 aromatic rings. The number of non-ortho nitro benzene ring substituents is 1. The molecule has 0 unspecified atom stereocenters. The van der Waals surface area contributed by atoms with Crippen LogP contribution in [-0.2, 0) is 6.42 Å². The van der Waals surface area contributed by atoms with Crippen molar-refractivity contribution in [1.82, 2.24) is 4.90 Å². The Labute approximate surface area is 179 Å². The van der Waals surface area contributed by atoms with Gasteiger partial charge in [0, 0.05) is 29.8 Å². The zero-order chi connectivity index (χ0) is 20.9. The first kappa shape index (κ1) is 18.1. The minimum Gasteiger partial charge on any atom is -0.470 e. The molecule has 0 bridgehead atoms. The number of fused-ring (bicyclic) bond motifs is 6. The molecule has 152 valence electrons. The van der Waals surface area contributed by atoms with Crippen LogP contribution >= 0.6 is 0 Å². The third-order valence-corrected chi connectivity index (χ3v) is 6.46. The van der Waals surface area contributed by atoms with Gasteiger partial charge in [0.2, 0.25) is 0 Å². The Morgan fingerprint density at radius 3 is 2.52 bits per heavy atom. The van der Waals surface area contributed by atoms with Crippen LogP contribution in [0.3, 0.4) is 0 Å². The summed E-state index contributed by atoms with van der Waals surface area (Å²) in [6.45, 7) is 0.853. The quantitative estimate of drug-likeness (QED) is 0.311. The molecule has 0 radical (unpaired) electrons. The summed E-state index contributed by atoms with van der Waals surface area (Å²) in [6, 6.07) is 27.9. The van der Waals surface area contributed by atoms with Crippen molar-refractivity contribution in [1.29, 1.82) is 0 Å². The summed E-state index contributed by atoms with van der Waals surface area (Å²) < 4.78 is 6.60. The van der Waals surface area contributed by atoms with E-state index in [1.807, 2.05) is 24.3 Å². The molecule has 5 heteroatoms. The van der Waals surface area contributed by atoms with E-state index in [0.717, 1.165) is 40.6 Å². The van der Waals surface area contributed by atoms with Crippen molar-refractivity contribution in [2.75, 3.05) is 6.54 Å². The van der Waals surface area contributed by atoms with E-state index in [2.05, 4.69) is 53.4 Å².